The highest BCUT2D eigenvalue weighted by Gasteiger charge is 2.30. The van der Waals surface area contributed by atoms with Gasteiger partial charge in [-0.3, -0.25) is 0 Å². The van der Waals surface area contributed by atoms with Crippen molar-refractivity contribution in [1.29, 1.82) is 0 Å². The fourth-order valence-corrected chi connectivity index (χ4v) is 1.23. The van der Waals surface area contributed by atoms with E-state index < -0.39 is 0 Å². The van der Waals surface area contributed by atoms with Crippen LogP contribution in [0.15, 0.2) is 12.2 Å². The van der Waals surface area contributed by atoms with E-state index >= 15 is 0 Å². The second-order valence-electron chi connectivity index (χ2n) is 2.29. The molecule has 2 aliphatic rings. The van der Waals surface area contributed by atoms with Crippen LogP contribution in [0.25, 0.3) is 0 Å². The van der Waals surface area contributed by atoms with Crippen LogP contribution in [-0.2, 0) is 0 Å². The Bertz CT molecular complexity index is 153. The Balaban J connectivity index is 2.12. The summed E-state index contributed by atoms with van der Waals surface area (Å²) in [6.07, 6.45) is 5.06. The van der Waals surface area contributed by atoms with Gasteiger partial charge in [0, 0.05) is 2.74 Å². The molecule has 4 atom stereocenters. The number of hydrogen-bond acceptors (Lipinski definition) is 0. The molecule has 38 valence electrons. The average Bonchev–Trinajstić information content (AvgIpc) is 2.30. The highest BCUT2D eigenvalue weighted by Crippen LogP contribution is 2.41. The van der Waals surface area contributed by atoms with E-state index in [1.165, 1.54) is 0 Å². The summed E-state index contributed by atoms with van der Waals surface area (Å²) >= 11 is 0. The maximum absolute atomic E-state index is 7.42. The predicted molar refractivity (Wildman–Crippen MR) is 30.0 cm³/mol. The van der Waals surface area contributed by atoms with E-state index in [1.54, 1.807) is 0 Å². The lowest BCUT2D eigenvalue weighted by molar-refractivity contribution is 0.249. The van der Waals surface area contributed by atoms with E-state index in [0.29, 0.717) is 11.8 Å². The molecular weight excluding hydrogens is 84.1 g/mol. The lowest BCUT2D eigenvalue weighted by atomic mass is 9.76. The van der Waals surface area contributed by atoms with Crippen molar-refractivity contribution in [3.8, 4) is 0 Å². The van der Waals surface area contributed by atoms with Crippen LogP contribution in [0.3, 0.4) is 0 Å². The minimum atomic E-state index is -0.117. The highest BCUT2D eigenvalue weighted by molar-refractivity contribution is 5.05. The van der Waals surface area contributed by atoms with Crippen molar-refractivity contribution >= 4 is 0 Å². The molecule has 0 aromatic heterocycles. The summed E-state index contributed by atoms with van der Waals surface area (Å²) in [5, 5.41) is 0. The van der Waals surface area contributed by atoms with Crippen LogP contribution in [0.1, 0.15) is 22.0 Å². The third-order valence-electron chi connectivity index (χ3n) is 1.84. The Morgan fingerprint density at radius 1 is 1.57 bits per heavy atom. The molecule has 0 saturated heterocycles. The molecule has 0 heterocycles. The van der Waals surface area contributed by atoms with Crippen molar-refractivity contribution in [2.45, 2.75) is 19.2 Å². The van der Waals surface area contributed by atoms with Crippen LogP contribution in [0.4, 0.5) is 0 Å². The summed E-state index contributed by atoms with van der Waals surface area (Å²) < 4.78 is 14.8. The molecule has 0 nitrogen and oxygen atoms in total. The summed E-state index contributed by atoms with van der Waals surface area (Å²) in [5.41, 5.74) is 0. The molecule has 0 amide bonds. The van der Waals surface area contributed by atoms with E-state index in [0.717, 1.165) is 6.42 Å². The summed E-state index contributed by atoms with van der Waals surface area (Å²) in [6, 6.07) is 0. The van der Waals surface area contributed by atoms with Gasteiger partial charge in [0.05, 0.1) is 0 Å². The molecule has 7 heavy (non-hydrogen) atoms. The Morgan fingerprint density at radius 2 is 2.57 bits per heavy atom. The van der Waals surface area contributed by atoms with Crippen LogP contribution in [0, 0.1) is 11.8 Å². The normalized spacial score (nSPS) is 70.9. The zero-order chi connectivity index (χ0) is 6.43. The second kappa shape index (κ2) is 1.12. The zero-order valence-electron chi connectivity index (χ0n) is 6.17. The second-order valence-corrected chi connectivity index (χ2v) is 2.29. The monoisotopic (exact) mass is 96.1 g/mol. The first-order valence-electron chi connectivity index (χ1n) is 3.97. The topological polar surface area (TPSA) is 0 Å². The molecule has 0 aliphatic heterocycles. The largest absolute Gasteiger partial charge is 0.0880 e. The smallest absolute Gasteiger partial charge is 0.0273 e. The fraction of sp³-hybridized carbons (Fsp3) is 0.714. The number of fused-ring (bicyclic) bond motifs is 1. The number of hydrogen-bond donors (Lipinski definition) is 0. The first-order valence-corrected chi connectivity index (χ1v) is 2.82. The Labute approximate surface area is 47.0 Å². The molecule has 1 fully saturated rings. The van der Waals surface area contributed by atoms with Gasteiger partial charge < -0.3 is 0 Å². The van der Waals surface area contributed by atoms with E-state index in [4.69, 9.17) is 2.74 Å². The summed E-state index contributed by atoms with van der Waals surface area (Å²) in [4.78, 5) is 0. The quantitative estimate of drug-likeness (QED) is 0.404. The standard InChI is InChI=1S/C7H10/c1-2-6-4-5-7(6)3-1/h1-2,6-7H,3-5H2/t6-,7+/m1/s1/i4D,5D/t4-,5+,6+,7-/m0. The van der Waals surface area contributed by atoms with Crippen LogP contribution in [-0.4, -0.2) is 0 Å². The molecule has 0 N–H and O–H groups in total. The molecule has 2 aliphatic carbocycles. The molecule has 0 aromatic carbocycles. The summed E-state index contributed by atoms with van der Waals surface area (Å²) in [6.45, 7) is 0. The Morgan fingerprint density at radius 3 is 3.43 bits per heavy atom. The summed E-state index contributed by atoms with van der Waals surface area (Å²) in [5.74, 6) is 0.944. The van der Waals surface area contributed by atoms with E-state index in [-0.39, 0.29) is 12.8 Å². The van der Waals surface area contributed by atoms with Gasteiger partial charge in [0.25, 0.3) is 0 Å². The van der Waals surface area contributed by atoms with Crippen molar-refractivity contribution in [3.63, 3.8) is 0 Å². The van der Waals surface area contributed by atoms with Gasteiger partial charge in [-0.05, 0) is 31.1 Å². The van der Waals surface area contributed by atoms with Gasteiger partial charge in [-0.15, -0.1) is 0 Å². The SMILES string of the molecule is [2H][C@@H]1[C@H]([2H])[C@H]2C=CC[C@@H]12. The van der Waals surface area contributed by atoms with Gasteiger partial charge >= 0.3 is 0 Å². The maximum atomic E-state index is 7.42. The third kappa shape index (κ3) is 0.370. The van der Waals surface area contributed by atoms with Crippen molar-refractivity contribution in [2.24, 2.45) is 11.8 Å². The van der Waals surface area contributed by atoms with Gasteiger partial charge in [0.2, 0.25) is 0 Å². The highest BCUT2D eigenvalue weighted by atomic mass is 14.3. The van der Waals surface area contributed by atoms with Crippen LogP contribution in [0.2, 0.25) is 0 Å². The Hall–Kier alpha value is -0.260. The number of rotatable bonds is 0. The van der Waals surface area contributed by atoms with Gasteiger partial charge in [-0.2, -0.15) is 0 Å². The van der Waals surface area contributed by atoms with Crippen molar-refractivity contribution in [3.05, 3.63) is 12.2 Å². The number of allylic oxidation sites excluding steroid dienone is 2. The fourth-order valence-electron chi connectivity index (χ4n) is 1.23. The maximum Gasteiger partial charge on any atom is 0.0273 e. The van der Waals surface area contributed by atoms with E-state index in [1.807, 2.05) is 0 Å². The Kier molecular flexibility index (Phi) is 0.374. The molecule has 2 rings (SSSR count). The molecular formula is C7H10. The zero-order valence-corrected chi connectivity index (χ0v) is 4.17. The van der Waals surface area contributed by atoms with Crippen LogP contribution >= 0.6 is 0 Å². The molecule has 0 aromatic rings. The lowest BCUT2D eigenvalue weighted by Gasteiger charge is -2.29. The third-order valence-corrected chi connectivity index (χ3v) is 1.84. The minimum Gasteiger partial charge on any atom is -0.0880 e. The molecule has 0 unspecified atom stereocenters. The first kappa shape index (κ1) is 2.34. The molecule has 1 saturated carbocycles. The summed E-state index contributed by atoms with van der Waals surface area (Å²) in [7, 11) is 0. The van der Waals surface area contributed by atoms with Crippen molar-refractivity contribution in [1.82, 2.24) is 0 Å². The molecule has 0 bridgehead atoms. The van der Waals surface area contributed by atoms with E-state index in [9.17, 15) is 0 Å². The minimum absolute atomic E-state index is 0.0926. The van der Waals surface area contributed by atoms with Crippen LogP contribution < -0.4 is 0 Å². The molecule has 0 spiro atoms. The van der Waals surface area contributed by atoms with Crippen LogP contribution in [0.5, 0.6) is 0 Å². The van der Waals surface area contributed by atoms with Crippen molar-refractivity contribution in [2.75, 3.05) is 0 Å². The molecule has 0 radical (unpaired) electrons. The van der Waals surface area contributed by atoms with Gasteiger partial charge in [-0.25, -0.2) is 0 Å². The molecule has 0 heteroatoms. The first-order chi connectivity index (χ1) is 4.30. The van der Waals surface area contributed by atoms with Gasteiger partial charge in [0.1, 0.15) is 0 Å². The average molecular weight is 96.2 g/mol. The van der Waals surface area contributed by atoms with Crippen molar-refractivity contribution < 1.29 is 2.74 Å². The van der Waals surface area contributed by atoms with Gasteiger partial charge in [-0.1, -0.05) is 12.2 Å². The predicted octanol–water partition coefficient (Wildman–Crippen LogP) is 1.97. The van der Waals surface area contributed by atoms with E-state index in [2.05, 4.69) is 12.2 Å². The van der Waals surface area contributed by atoms with Gasteiger partial charge in [0.15, 0.2) is 0 Å². The lowest BCUT2D eigenvalue weighted by Crippen LogP contribution is -2.18.